The summed E-state index contributed by atoms with van der Waals surface area (Å²) < 4.78 is 2.01. The molecule has 28 heavy (non-hydrogen) atoms. The predicted molar refractivity (Wildman–Crippen MR) is 105 cm³/mol. The van der Waals surface area contributed by atoms with Crippen LogP contribution in [-0.4, -0.2) is 81.3 Å². The van der Waals surface area contributed by atoms with Gasteiger partial charge in [-0.25, -0.2) is 0 Å². The van der Waals surface area contributed by atoms with Gasteiger partial charge in [-0.3, -0.25) is 9.69 Å². The second kappa shape index (κ2) is 7.75. The first kappa shape index (κ1) is 18.0. The second-order valence-corrected chi connectivity index (χ2v) is 8.36. The number of hydrogen-bond acceptors (Lipinski definition) is 6. The lowest BCUT2D eigenvalue weighted by molar-refractivity contribution is -0.120. The van der Waals surface area contributed by atoms with Crippen molar-refractivity contribution in [2.75, 3.05) is 45.8 Å². The number of nitrogens with one attached hydrogen (secondary N) is 1. The second-order valence-electron chi connectivity index (χ2n) is 8.36. The molecule has 8 heteroatoms. The van der Waals surface area contributed by atoms with Crippen molar-refractivity contribution in [2.24, 2.45) is 0 Å². The number of carbonyl (C=O) groups excluding carboxylic acids is 1. The highest BCUT2D eigenvalue weighted by Crippen LogP contribution is 2.28. The molecule has 2 saturated heterocycles. The van der Waals surface area contributed by atoms with E-state index in [4.69, 9.17) is 5.10 Å². The Labute approximate surface area is 165 Å². The molecular formula is C20H29N7O. The molecule has 1 amide bonds. The Balaban J connectivity index is 1.17. The number of nitrogens with zero attached hydrogens (tertiary/aromatic N) is 6. The Kier molecular flexibility index (Phi) is 4.98. The van der Waals surface area contributed by atoms with Crippen LogP contribution in [0.5, 0.6) is 0 Å². The monoisotopic (exact) mass is 383 g/mol. The van der Waals surface area contributed by atoms with Gasteiger partial charge >= 0.3 is 0 Å². The smallest absolute Gasteiger partial charge is 0.221 e. The van der Waals surface area contributed by atoms with Gasteiger partial charge in [0.25, 0.3) is 0 Å². The number of rotatable bonds is 4. The summed E-state index contributed by atoms with van der Waals surface area (Å²) in [5, 5.41) is 16.7. The topological polar surface area (TPSA) is 78.7 Å². The van der Waals surface area contributed by atoms with Gasteiger partial charge < -0.3 is 10.2 Å². The standard InChI is InChI=1S/C20H29N7O/c28-19-6-10-26(11-7-21-19)13-12-25-8-4-15(5-9-25)20-23-22-18-14-16-2-1-3-17(16)24-27(18)20/h14-15H,1-13H2,(H,21,28). The molecule has 1 aliphatic carbocycles. The predicted octanol–water partition coefficient (Wildman–Crippen LogP) is 0.614. The summed E-state index contributed by atoms with van der Waals surface area (Å²) in [6.45, 7) is 6.92. The van der Waals surface area contributed by atoms with Crippen LogP contribution in [-0.2, 0) is 17.6 Å². The van der Waals surface area contributed by atoms with Crippen molar-refractivity contribution >= 4 is 11.6 Å². The Morgan fingerprint density at radius 3 is 2.68 bits per heavy atom. The normalized spacial score (nSPS) is 22.4. The average molecular weight is 384 g/mol. The quantitative estimate of drug-likeness (QED) is 0.834. The maximum Gasteiger partial charge on any atom is 0.221 e. The molecule has 5 rings (SSSR count). The Morgan fingerprint density at radius 2 is 1.82 bits per heavy atom. The molecule has 4 heterocycles. The first-order valence-electron chi connectivity index (χ1n) is 10.7. The molecule has 0 atom stereocenters. The zero-order valence-corrected chi connectivity index (χ0v) is 16.4. The molecule has 0 radical (unpaired) electrons. The van der Waals surface area contributed by atoms with Crippen molar-refractivity contribution in [1.82, 2.24) is 34.9 Å². The molecule has 2 aromatic heterocycles. The summed E-state index contributed by atoms with van der Waals surface area (Å²) in [6.07, 6.45) is 6.26. The molecule has 0 saturated carbocycles. The maximum absolute atomic E-state index is 11.5. The molecule has 150 valence electrons. The first-order chi connectivity index (χ1) is 13.8. The Morgan fingerprint density at radius 1 is 1.00 bits per heavy atom. The van der Waals surface area contributed by atoms with E-state index < -0.39 is 0 Å². The summed E-state index contributed by atoms with van der Waals surface area (Å²) in [4.78, 5) is 16.4. The van der Waals surface area contributed by atoms with E-state index in [9.17, 15) is 4.79 Å². The van der Waals surface area contributed by atoms with Crippen LogP contribution in [0, 0.1) is 0 Å². The van der Waals surface area contributed by atoms with Gasteiger partial charge in [0, 0.05) is 45.1 Å². The molecule has 2 aliphatic heterocycles. The number of aromatic nitrogens is 4. The van der Waals surface area contributed by atoms with Crippen LogP contribution in [0.4, 0.5) is 0 Å². The lowest BCUT2D eigenvalue weighted by Crippen LogP contribution is -2.40. The minimum atomic E-state index is 0.183. The molecule has 2 aromatic rings. The number of hydrogen-bond donors (Lipinski definition) is 1. The van der Waals surface area contributed by atoms with E-state index in [1.54, 1.807) is 0 Å². The van der Waals surface area contributed by atoms with E-state index in [0.717, 1.165) is 83.0 Å². The van der Waals surface area contributed by atoms with Gasteiger partial charge in [0.2, 0.25) is 5.91 Å². The fraction of sp³-hybridized carbons (Fsp3) is 0.700. The molecule has 0 bridgehead atoms. The van der Waals surface area contributed by atoms with Crippen molar-refractivity contribution in [3.05, 3.63) is 23.1 Å². The van der Waals surface area contributed by atoms with E-state index in [1.165, 1.54) is 17.7 Å². The number of piperidine rings is 1. The van der Waals surface area contributed by atoms with E-state index in [1.807, 2.05) is 4.52 Å². The summed E-state index contributed by atoms with van der Waals surface area (Å²) >= 11 is 0. The molecule has 0 aromatic carbocycles. The summed E-state index contributed by atoms with van der Waals surface area (Å²) in [5.74, 6) is 1.67. The maximum atomic E-state index is 11.5. The van der Waals surface area contributed by atoms with Crippen LogP contribution in [0.2, 0.25) is 0 Å². The van der Waals surface area contributed by atoms with Gasteiger partial charge in [-0.2, -0.15) is 9.61 Å². The highest BCUT2D eigenvalue weighted by molar-refractivity contribution is 5.76. The lowest BCUT2D eigenvalue weighted by Gasteiger charge is -2.32. The number of amides is 1. The molecule has 8 nitrogen and oxygen atoms in total. The third kappa shape index (κ3) is 3.63. The fourth-order valence-corrected chi connectivity index (χ4v) is 4.78. The van der Waals surface area contributed by atoms with E-state index in [2.05, 4.69) is 31.4 Å². The molecular weight excluding hydrogens is 354 g/mol. The van der Waals surface area contributed by atoms with Crippen molar-refractivity contribution in [3.8, 4) is 0 Å². The minimum Gasteiger partial charge on any atom is -0.355 e. The molecule has 0 spiro atoms. The van der Waals surface area contributed by atoms with Gasteiger partial charge in [-0.05, 0) is 56.8 Å². The van der Waals surface area contributed by atoms with E-state index >= 15 is 0 Å². The number of fused-ring (bicyclic) bond motifs is 2. The van der Waals surface area contributed by atoms with E-state index in [0.29, 0.717) is 12.3 Å². The largest absolute Gasteiger partial charge is 0.355 e. The molecule has 1 N–H and O–H groups in total. The van der Waals surface area contributed by atoms with Crippen LogP contribution in [0.1, 0.15) is 48.7 Å². The van der Waals surface area contributed by atoms with Crippen LogP contribution in [0.3, 0.4) is 0 Å². The third-order valence-electron chi connectivity index (χ3n) is 6.53. The number of aryl methyl sites for hydroxylation is 2. The van der Waals surface area contributed by atoms with Gasteiger partial charge in [-0.1, -0.05) is 0 Å². The summed E-state index contributed by atoms with van der Waals surface area (Å²) in [6, 6.07) is 2.18. The molecule has 3 aliphatic rings. The zero-order valence-electron chi connectivity index (χ0n) is 16.4. The molecule has 0 unspecified atom stereocenters. The third-order valence-corrected chi connectivity index (χ3v) is 6.53. The van der Waals surface area contributed by atoms with Crippen LogP contribution < -0.4 is 5.32 Å². The number of likely N-dealkylation sites (tertiary alicyclic amines) is 1. The Bertz CT molecular complexity index is 856. The fourth-order valence-electron chi connectivity index (χ4n) is 4.78. The van der Waals surface area contributed by atoms with Gasteiger partial charge in [0.05, 0.1) is 5.69 Å². The van der Waals surface area contributed by atoms with Crippen molar-refractivity contribution in [2.45, 2.75) is 44.4 Å². The van der Waals surface area contributed by atoms with Crippen LogP contribution in [0.25, 0.3) is 5.65 Å². The van der Waals surface area contributed by atoms with Gasteiger partial charge in [0.1, 0.15) is 0 Å². The first-order valence-corrected chi connectivity index (χ1v) is 10.7. The highest BCUT2D eigenvalue weighted by Gasteiger charge is 2.26. The van der Waals surface area contributed by atoms with Gasteiger partial charge in [-0.15, -0.1) is 10.2 Å². The van der Waals surface area contributed by atoms with Crippen LogP contribution in [0.15, 0.2) is 6.07 Å². The van der Waals surface area contributed by atoms with Gasteiger partial charge in [0.15, 0.2) is 11.5 Å². The van der Waals surface area contributed by atoms with Crippen molar-refractivity contribution in [1.29, 1.82) is 0 Å². The minimum absolute atomic E-state index is 0.183. The summed E-state index contributed by atoms with van der Waals surface area (Å²) in [5.41, 5.74) is 3.49. The zero-order chi connectivity index (χ0) is 18.9. The average Bonchev–Trinajstić information content (AvgIpc) is 3.28. The van der Waals surface area contributed by atoms with Crippen molar-refractivity contribution in [3.63, 3.8) is 0 Å². The number of carbonyl (C=O) groups is 1. The molecule has 2 fully saturated rings. The van der Waals surface area contributed by atoms with Crippen molar-refractivity contribution < 1.29 is 4.79 Å². The van der Waals surface area contributed by atoms with Crippen LogP contribution >= 0.6 is 0 Å². The SMILES string of the molecule is O=C1CCN(CCN2CCC(c3nnc4cc5c(nn34)CCC5)CC2)CCN1. The van der Waals surface area contributed by atoms with E-state index in [-0.39, 0.29) is 5.91 Å². The highest BCUT2D eigenvalue weighted by atomic mass is 16.1. The lowest BCUT2D eigenvalue weighted by atomic mass is 9.96. The summed E-state index contributed by atoms with van der Waals surface area (Å²) in [7, 11) is 0. The Hall–Kier alpha value is -2.06.